The topological polar surface area (TPSA) is 56.0 Å². The fraction of sp³-hybridized carbons (Fsp3) is 0.462. The van der Waals surface area contributed by atoms with Crippen LogP contribution in [0.1, 0.15) is 30.4 Å². The number of hydrogen-bond donors (Lipinski definition) is 2. The van der Waals surface area contributed by atoms with Gasteiger partial charge in [-0.3, -0.25) is 0 Å². The molecule has 1 aliphatic rings. The van der Waals surface area contributed by atoms with Crippen molar-refractivity contribution in [3.63, 3.8) is 0 Å². The lowest BCUT2D eigenvalue weighted by molar-refractivity contribution is 0.172. The minimum Gasteiger partial charge on any atom is -0.391 e. The number of benzene rings is 1. The lowest BCUT2D eigenvalue weighted by Gasteiger charge is -2.20. The molecule has 0 aliphatic heterocycles. The maximum atomic E-state index is 9.76. The first-order chi connectivity index (χ1) is 8.13. The molecule has 3 nitrogen and oxygen atoms in total. The predicted molar refractivity (Wildman–Crippen MR) is 68.2 cm³/mol. The molecule has 0 saturated heterocycles. The number of nitrogens with one attached hydrogen (secondary N) is 1. The number of rotatable bonds is 2. The minimum absolute atomic E-state index is 0.0951. The molecule has 0 bridgehead atoms. The van der Waals surface area contributed by atoms with E-state index in [0.29, 0.717) is 10.6 Å². The summed E-state index contributed by atoms with van der Waals surface area (Å²) in [5.41, 5.74) is 2.26. The van der Waals surface area contributed by atoms with E-state index < -0.39 is 0 Å². The lowest BCUT2D eigenvalue weighted by atomic mass is 10.1. The third-order valence-electron chi connectivity index (χ3n) is 3.33. The van der Waals surface area contributed by atoms with E-state index in [4.69, 9.17) is 16.9 Å². The van der Waals surface area contributed by atoms with E-state index >= 15 is 0 Å². The SMILES string of the molecule is Cc1c(N[C@H]2CCC[C@H]2O)ccc(C#N)c1Cl. The molecule has 0 unspecified atom stereocenters. The second kappa shape index (κ2) is 4.95. The zero-order chi connectivity index (χ0) is 12.4. The quantitative estimate of drug-likeness (QED) is 0.849. The second-order valence-electron chi connectivity index (χ2n) is 4.46. The van der Waals surface area contributed by atoms with Crippen molar-refractivity contribution in [2.24, 2.45) is 0 Å². The van der Waals surface area contributed by atoms with Crippen LogP contribution >= 0.6 is 11.6 Å². The zero-order valence-electron chi connectivity index (χ0n) is 9.70. The first-order valence-corrected chi connectivity index (χ1v) is 6.15. The van der Waals surface area contributed by atoms with Crippen LogP contribution in [0.4, 0.5) is 5.69 Å². The number of nitrogens with zero attached hydrogens (tertiary/aromatic N) is 1. The number of aliphatic hydroxyl groups excluding tert-OH is 1. The normalized spacial score (nSPS) is 23.4. The Morgan fingerprint density at radius 2 is 2.24 bits per heavy atom. The Kier molecular flexibility index (Phi) is 3.56. The van der Waals surface area contributed by atoms with Crippen LogP contribution < -0.4 is 5.32 Å². The largest absolute Gasteiger partial charge is 0.391 e. The molecular formula is C13H15ClN2O. The fourth-order valence-electron chi connectivity index (χ4n) is 2.24. The number of anilines is 1. The highest BCUT2D eigenvalue weighted by atomic mass is 35.5. The molecule has 1 aromatic carbocycles. The molecular weight excluding hydrogens is 236 g/mol. The summed E-state index contributed by atoms with van der Waals surface area (Å²) in [6.45, 7) is 1.88. The highest BCUT2D eigenvalue weighted by Gasteiger charge is 2.25. The van der Waals surface area contributed by atoms with Crippen LogP contribution in [0.15, 0.2) is 12.1 Å². The highest BCUT2D eigenvalue weighted by Crippen LogP contribution is 2.30. The molecule has 2 atom stereocenters. The Morgan fingerprint density at radius 1 is 1.47 bits per heavy atom. The van der Waals surface area contributed by atoms with Gasteiger partial charge in [0, 0.05) is 5.69 Å². The summed E-state index contributed by atoms with van der Waals surface area (Å²) in [5, 5.41) is 22.4. The molecule has 0 radical (unpaired) electrons. The minimum atomic E-state index is -0.288. The first kappa shape index (κ1) is 12.2. The first-order valence-electron chi connectivity index (χ1n) is 5.77. The molecule has 4 heteroatoms. The molecule has 1 aliphatic carbocycles. The molecule has 0 aromatic heterocycles. The molecule has 0 heterocycles. The summed E-state index contributed by atoms with van der Waals surface area (Å²) < 4.78 is 0. The summed E-state index contributed by atoms with van der Waals surface area (Å²) >= 11 is 6.10. The third kappa shape index (κ3) is 2.38. The Balaban J connectivity index is 2.22. The number of nitriles is 1. The van der Waals surface area contributed by atoms with Gasteiger partial charge in [0.25, 0.3) is 0 Å². The van der Waals surface area contributed by atoms with Gasteiger partial charge in [0.1, 0.15) is 6.07 Å². The molecule has 1 fully saturated rings. The van der Waals surface area contributed by atoms with Crippen LogP contribution in [-0.2, 0) is 0 Å². The predicted octanol–water partition coefficient (Wildman–Crippen LogP) is 2.85. The van der Waals surface area contributed by atoms with Gasteiger partial charge in [-0.25, -0.2) is 0 Å². The van der Waals surface area contributed by atoms with Gasteiger partial charge in [0.2, 0.25) is 0 Å². The van der Waals surface area contributed by atoms with Crippen molar-refractivity contribution in [3.8, 4) is 6.07 Å². The van der Waals surface area contributed by atoms with Gasteiger partial charge in [-0.1, -0.05) is 11.6 Å². The molecule has 2 rings (SSSR count). The van der Waals surface area contributed by atoms with Crippen LogP contribution in [0, 0.1) is 18.3 Å². The molecule has 1 aromatic rings. The fourth-order valence-corrected chi connectivity index (χ4v) is 2.44. The standard InChI is InChI=1S/C13H15ClN2O/c1-8-10(6-5-9(7-15)13(8)14)16-11-3-2-4-12(11)17/h5-6,11-12,16-17H,2-4H2,1H3/t11-,12+/m0/s1. The maximum Gasteiger partial charge on any atom is 0.101 e. The Morgan fingerprint density at radius 3 is 2.82 bits per heavy atom. The monoisotopic (exact) mass is 250 g/mol. The van der Waals surface area contributed by atoms with Crippen molar-refractivity contribution in [1.82, 2.24) is 0 Å². The summed E-state index contributed by atoms with van der Waals surface area (Å²) in [5.74, 6) is 0. The summed E-state index contributed by atoms with van der Waals surface area (Å²) in [6.07, 6.45) is 2.57. The highest BCUT2D eigenvalue weighted by molar-refractivity contribution is 6.32. The number of hydrogen-bond acceptors (Lipinski definition) is 3. The van der Waals surface area contributed by atoms with E-state index in [1.165, 1.54) is 0 Å². The van der Waals surface area contributed by atoms with Gasteiger partial charge >= 0.3 is 0 Å². The summed E-state index contributed by atoms with van der Waals surface area (Å²) in [7, 11) is 0. The van der Waals surface area contributed by atoms with Crippen LogP contribution in [0.5, 0.6) is 0 Å². The van der Waals surface area contributed by atoms with Crippen LogP contribution in [-0.4, -0.2) is 17.3 Å². The van der Waals surface area contributed by atoms with Crippen molar-refractivity contribution in [3.05, 3.63) is 28.3 Å². The Hall–Kier alpha value is -1.24. The maximum absolute atomic E-state index is 9.76. The van der Waals surface area contributed by atoms with E-state index in [9.17, 15) is 5.11 Å². The molecule has 17 heavy (non-hydrogen) atoms. The van der Waals surface area contributed by atoms with Crippen molar-refractivity contribution in [2.45, 2.75) is 38.3 Å². The molecule has 1 saturated carbocycles. The van der Waals surface area contributed by atoms with Crippen molar-refractivity contribution in [2.75, 3.05) is 5.32 Å². The molecule has 90 valence electrons. The van der Waals surface area contributed by atoms with Gasteiger partial charge in [0.15, 0.2) is 0 Å². The van der Waals surface area contributed by atoms with Crippen LogP contribution in [0.25, 0.3) is 0 Å². The van der Waals surface area contributed by atoms with E-state index in [2.05, 4.69) is 11.4 Å². The van der Waals surface area contributed by atoms with Crippen LogP contribution in [0.2, 0.25) is 5.02 Å². The number of halogens is 1. The average molecular weight is 251 g/mol. The van der Waals surface area contributed by atoms with Gasteiger partial charge < -0.3 is 10.4 Å². The Bertz CT molecular complexity index is 467. The number of aliphatic hydroxyl groups is 1. The van der Waals surface area contributed by atoms with Gasteiger partial charge in [-0.05, 0) is 43.9 Å². The summed E-state index contributed by atoms with van der Waals surface area (Å²) in [6, 6.07) is 5.71. The molecule has 0 spiro atoms. The Labute approximate surface area is 106 Å². The van der Waals surface area contributed by atoms with E-state index in [0.717, 1.165) is 30.5 Å². The lowest BCUT2D eigenvalue weighted by Crippen LogP contribution is -2.28. The zero-order valence-corrected chi connectivity index (χ0v) is 10.5. The van der Waals surface area contributed by atoms with Crippen molar-refractivity contribution < 1.29 is 5.11 Å². The van der Waals surface area contributed by atoms with Crippen LogP contribution in [0.3, 0.4) is 0 Å². The smallest absolute Gasteiger partial charge is 0.101 e. The molecule has 2 N–H and O–H groups in total. The summed E-state index contributed by atoms with van der Waals surface area (Å²) in [4.78, 5) is 0. The third-order valence-corrected chi connectivity index (χ3v) is 3.81. The second-order valence-corrected chi connectivity index (χ2v) is 4.84. The molecule has 0 amide bonds. The average Bonchev–Trinajstić information content (AvgIpc) is 2.71. The van der Waals surface area contributed by atoms with Gasteiger partial charge in [-0.15, -0.1) is 0 Å². The van der Waals surface area contributed by atoms with Gasteiger partial charge in [-0.2, -0.15) is 5.26 Å². The van der Waals surface area contributed by atoms with Gasteiger partial charge in [0.05, 0.1) is 22.7 Å². The van der Waals surface area contributed by atoms with Crippen molar-refractivity contribution in [1.29, 1.82) is 5.26 Å². The van der Waals surface area contributed by atoms with E-state index in [-0.39, 0.29) is 12.1 Å². The van der Waals surface area contributed by atoms with Crippen molar-refractivity contribution >= 4 is 17.3 Å². The van der Waals surface area contributed by atoms with E-state index in [1.807, 2.05) is 13.0 Å². The van der Waals surface area contributed by atoms with E-state index in [1.54, 1.807) is 6.07 Å².